The van der Waals surface area contributed by atoms with E-state index in [2.05, 4.69) is 71.3 Å². The van der Waals surface area contributed by atoms with Crippen molar-refractivity contribution < 1.29 is 4.74 Å². The van der Waals surface area contributed by atoms with Crippen molar-refractivity contribution >= 4 is 34.3 Å². The molecule has 0 spiro atoms. The Morgan fingerprint density at radius 3 is 3.00 bits per heavy atom. The van der Waals surface area contributed by atoms with Gasteiger partial charge in [0.15, 0.2) is 4.11 Å². The van der Waals surface area contributed by atoms with Crippen LogP contribution in [0.5, 0.6) is 0 Å². The average Bonchev–Trinajstić information content (AvgIpc) is 2.48. The van der Waals surface area contributed by atoms with E-state index in [1.165, 1.54) is 0 Å². The number of rotatable bonds is 2. The van der Waals surface area contributed by atoms with E-state index in [0.29, 0.717) is 6.02 Å². The number of ether oxygens (including phenoxy) is 1. The minimum atomic E-state index is -0.181. The van der Waals surface area contributed by atoms with Crippen LogP contribution in [0.15, 0.2) is 53.6 Å². The fraction of sp³-hybridized carbons (Fsp3) is 0.312. The number of nitrogens with zero attached hydrogens (tertiary/aromatic N) is 1. The van der Waals surface area contributed by atoms with Crippen molar-refractivity contribution in [2.75, 3.05) is 5.32 Å². The quantitative estimate of drug-likeness (QED) is 0.602. The van der Waals surface area contributed by atoms with Gasteiger partial charge >= 0.3 is 0 Å². The number of halogens is 1. The van der Waals surface area contributed by atoms with Gasteiger partial charge in [0, 0.05) is 5.56 Å². The number of para-hydroxylation sites is 1. The Morgan fingerprint density at radius 1 is 1.40 bits per heavy atom. The molecule has 0 radical (unpaired) electrons. The molecule has 1 heterocycles. The van der Waals surface area contributed by atoms with E-state index in [1.54, 1.807) is 0 Å². The van der Waals surface area contributed by atoms with Crippen LogP contribution in [0.25, 0.3) is 0 Å². The number of benzene rings is 1. The standard InChI is InChI=1S/C16H17IN2O/c1-2-16(10-6-3-7-11-16)19-15-18-13-9-5-4-8-12(13)14(17)20-15/h3-10,14H,2,11H2,1H3,(H,18,19)/t14?,16-/m1/s1. The molecule has 2 aliphatic rings. The van der Waals surface area contributed by atoms with Crippen LogP contribution >= 0.6 is 22.6 Å². The normalized spacial score (nSPS) is 29.7. The molecule has 0 saturated heterocycles. The van der Waals surface area contributed by atoms with Gasteiger partial charge in [-0.05, 0) is 41.5 Å². The first kappa shape index (κ1) is 13.7. The summed E-state index contributed by atoms with van der Waals surface area (Å²) in [5.74, 6) is 0. The summed E-state index contributed by atoms with van der Waals surface area (Å²) < 4.78 is 5.91. The third kappa shape index (κ3) is 2.61. The Morgan fingerprint density at radius 2 is 2.25 bits per heavy atom. The summed E-state index contributed by atoms with van der Waals surface area (Å²) in [6.45, 7) is 2.16. The number of anilines is 1. The zero-order valence-corrected chi connectivity index (χ0v) is 13.5. The molecular weight excluding hydrogens is 363 g/mol. The van der Waals surface area contributed by atoms with E-state index in [0.717, 1.165) is 24.1 Å². The van der Waals surface area contributed by atoms with Crippen LogP contribution in [0.1, 0.15) is 29.4 Å². The first-order valence-electron chi connectivity index (χ1n) is 6.83. The van der Waals surface area contributed by atoms with Crippen LogP contribution in [0.2, 0.25) is 0 Å². The molecule has 1 unspecified atom stereocenters. The highest BCUT2D eigenvalue weighted by Crippen LogP contribution is 2.36. The topological polar surface area (TPSA) is 33.6 Å². The van der Waals surface area contributed by atoms with Gasteiger partial charge in [-0.1, -0.05) is 49.4 Å². The van der Waals surface area contributed by atoms with Gasteiger partial charge in [0.25, 0.3) is 6.02 Å². The molecule has 1 N–H and O–H groups in total. The van der Waals surface area contributed by atoms with Crippen LogP contribution in [-0.2, 0) is 4.74 Å². The summed E-state index contributed by atoms with van der Waals surface area (Å²) in [7, 11) is 0. The number of fused-ring (bicyclic) bond motifs is 1. The molecule has 4 heteroatoms. The van der Waals surface area contributed by atoms with Crippen molar-refractivity contribution in [2.45, 2.75) is 29.4 Å². The second-order valence-corrected chi connectivity index (χ2v) is 6.14. The molecule has 104 valence electrons. The lowest BCUT2D eigenvalue weighted by molar-refractivity contribution is 0.283. The SMILES string of the molecule is CC[C@@]1(N=C2Nc3ccccc3C(I)O2)C=CC=CC1. The molecule has 2 atom stereocenters. The minimum Gasteiger partial charge on any atom is -0.446 e. The van der Waals surface area contributed by atoms with E-state index < -0.39 is 0 Å². The van der Waals surface area contributed by atoms with Gasteiger partial charge in [0.2, 0.25) is 0 Å². The maximum Gasteiger partial charge on any atom is 0.291 e. The van der Waals surface area contributed by atoms with Crippen LogP contribution in [0.3, 0.4) is 0 Å². The third-order valence-corrected chi connectivity index (χ3v) is 4.65. The summed E-state index contributed by atoms with van der Waals surface area (Å²) >= 11 is 2.30. The molecule has 3 nitrogen and oxygen atoms in total. The Labute approximate surface area is 133 Å². The highest BCUT2D eigenvalue weighted by molar-refractivity contribution is 14.1. The van der Waals surface area contributed by atoms with Crippen LogP contribution in [0, 0.1) is 0 Å². The van der Waals surface area contributed by atoms with E-state index in [9.17, 15) is 0 Å². The van der Waals surface area contributed by atoms with E-state index >= 15 is 0 Å². The Balaban J connectivity index is 1.91. The van der Waals surface area contributed by atoms with Gasteiger partial charge in [-0.2, -0.15) is 0 Å². The second kappa shape index (κ2) is 5.60. The number of amidine groups is 1. The van der Waals surface area contributed by atoms with Crippen molar-refractivity contribution in [3.05, 3.63) is 54.1 Å². The number of aliphatic imine (C=N–C) groups is 1. The van der Waals surface area contributed by atoms with Gasteiger partial charge in [0.05, 0.1) is 11.2 Å². The van der Waals surface area contributed by atoms with E-state index in [4.69, 9.17) is 9.73 Å². The predicted molar refractivity (Wildman–Crippen MR) is 91.3 cm³/mol. The van der Waals surface area contributed by atoms with Crippen molar-refractivity contribution in [1.29, 1.82) is 0 Å². The van der Waals surface area contributed by atoms with Crippen LogP contribution < -0.4 is 5.32 Å². The van der Waals surface area contributed by atoms with Gasteiger partial charge in [0.1, 0.15) is 0 Å². The molecule has 0 aromatic heterocycles. The lowest BCUT2D eigenvalue weighted by atomic mass is 9.89. The molecule has 3 rings (SSSR count). The number of alkyl halides is 1. The van der Waals surface area contributed by atoms with Gasteiger partial charge in [-0.3, -0.25) is 0 Å². The third-order valence-electron chi connectivity index (χ3n) is 3.72. The molecular formula is C16H17IN2O. The summed E-state index contributed by atoms with van der Waals surface area (Å²) in [6, 6.07) is 8.81. The Hall–Kier alpha value is -1.30. The molecule has 1 aliphatic heterocycles. The van der Waals surface area contributed by atoms with E-state index in [1.807, 2.05) is 12.1 Å². The summed E-state index contributed by atoms with van der Waals surface area (Å²) in [5, 5.41) is 3.30. The fourth-order valence-electron chi connectivity index (χ4n) is 2.45. The Bertz CT molecular complexity index is 594. The highest BCUT2D eigenvalue weighted by atomic mass is 127. The summed E-state index contributed by atoms with van der Waals surface area (Å²) in [5.41, 5.74) is 2.06. The fourth-order valence-corrected chi connectivity index (χ4v) is 3.23. The van der Waals surface area contributed by atoms with Gasteiger partial charge in [-0.25, -0.2) is 4.99 Å². The predicted octanol–water partition coefficient (Wildman–Crippen LogP) is 4.58. The maximum absolute atomic E-state index is 5.91. The molecule has 0 fully saturated rings. The lowest BCUT2D eigenvalue weighted by Crippen LogP contribution is -2.31. The monoisotopic (exact) mass is 380 g/mol. The van der Waals surface area contributed by atoms with Gasteiger partial charge in [-0.15, -0.1) is 0 Å². The number of nitrogens with one attached hydrogen (secondary N) is 1. The summed E-state index contributed by atoms with van der Waals surface area (Å²) in [4.78, 5) is 4.83. The number of hydrogen-bond acceptors (Lipinski definition) is 2. The molecule has 1 aliphatic carbocycles. The first-order valence-corrected chi connectivity index (χ1v) is 8.08. The van der Waals surface area contributed by atoms with Crippen molar-refractivity contribution in [1.82, 2.24) is 0 Å². The molecule has 20 heavy (non-hydrogen) atoms. The van der Waals surface area contributed by atoms with Crippen molar-refractivity contribution in [3.8, 4) is 0 Å². The van der Waals surface area contributed by atoms with Crippen molar-refractivity contribution in [3.63, 3.8) is 0 Å². The zero-order chi connectivity index (χ0) is 14.0. The molecule has 0 saturated carbocycles. The first-order chi connectivity index (χ1) is 9.72. The lowest BCUT2D eigenvalue weighted by Gasteiger charge is -2.30. The second-order valence-electron chi connectivity index (χ2n) is 5.01. The summed E-state index contributed by atoms with van der Waals surface area (Å²) in [6.07, 6.45) is 10.3. The molecule has 0 amide bonds. The highest BCUT2D eigenvalue weighted by Gasteiger charge is 2.28. The largest absolute Gasteiger partial charge is 0.446 e. The van der Waals surface area contributed by atoms with Crippen LogP contribution in [-0.4, -0.2) is 11.6 Å². The Kier molecular flexibility index (Phi) is 3.83. The minimum absolute atomic E-state index is 0.000758. The van der Waals surface area contributed by atoms with E-state index in [-0.39, 0.29) is 9.65 Å². The smallest absolute Gasteiger partial charge is 0.291 e. The number of hydrogen-bond donors (Lipinski definition) is 1. The van der Waals surface area contributed by atoms with Crippen LogP contribution in [0.4, 0.5) is 5.69 Å². The molecule has 1 aromatic rings. The van der Waals surface area contributed by atoms with Gasteiger partial charge < -0.3 is 10.1 Å². The number of allylic oxidation sites excluding steroid dienone is 2. The average molecular weight is 380 g/mol. The molecule has 0 bridgehead atoms. The van der Waals surface area contributed by atoms with Crippen molar-refractivity contribution in [2.24, 2.45) is 4.99 Å². The molecule has 1 aromatic carbocycles. The maximum atomic E-state index is 5.91. The zero-order valence-electron chi connectivity index (χ0n) is 11.3.